The lowest BCUT2D eigenvalue weighted by molar-refractivity contribution is -0.144. The maximum atomic E-state index is 12.6. The van der Waals surface area contributed by atoms with Gasteiger partial charge in [-0.3, -0.25) is 14.5 Å². The van der Waals surface area contributed by atoms with Gasteiger partial charge in [0.1, 0.15) is 0 Å². The van der Waals surface area contributed by atoms with Crippen molar-refractivity contribution in [1.82, 2.24) is 10.2 Å². The number of nitrogens with one attached hydrogen (secondary N) is 1. The van der Waals surface area contributed by atoms with Gasteiger partial charge in [0, 0.05) is 6.54 Å². The first kappa shape index (κ1) is 17.9. The minimum atomic E-state index is -0.752. The Bertz CT molecular complexity index is 584. The van der Waals surface area contributed by atoms with Gasteiger partial charge in [-0.15, -0.1) is 0 Å². The maximum absolute atomic E-state index is 12.6. The largest absolute Gasteiger partial charge is 0.481 e. The molecule has 2 N–H and O–H groups in total. The zero-order valence-corrected chi connectivity index (χ0v) is 14.7. The molecular formula is C20H28N2O3. The molecule has 2 unspecified atom stereocenters. The average Bonchev–Trinajstić information content (AvgIpc) is 3.15. The summed E-state index contributed by atoms with van der Waals surface area (Å²) in [5, 5.41) is 12.4. The monoisotopic (exact) mass is 344 g/mol. The summed E-state index contributed by atoms with van der Waals surface area (Å²) in [7, 11) is 0. The van der Waals surface area contributed by atoms with Gasteiger partial charge in [-0.05, 0) is 43.7 Å². The number of aliphatic carboxylic acids is 1. The molecule has 0 aromatic heterocycles. The van der Waals surface area contributed by atoms with Crippen molar-refractivity contribution in [3.05, 3.63) is 35.9 Å². The number of benzene rings is 1. The van der Waals surface area contributed by atoms with Crippen molar-refractivity contribution in [2.45, 2.75) is 44.6 Å². The van der Waals surface area contributed by atoms with Crippen molar-refractivity contribution < 1.29 is 14.7 Å². The van der Waals surface area contributed by atoms with Crippen LogP contribution in [0, 0.1) is 11.8 Å². The summed E-state index contributed by atoms with van der Waals surface area (Å²) >= 11 is 0. The van der Waals surface area contributed by atoms with Crippen LogP contribution < -0.4 is 5.32 Å². The molecule has 0 radical (unpaired) electrons. The third kappa shape index (κ3) is 4.82. The van der Waals surface area contributed by atoms with Gasteiger partial charge in [-0.1, -0.05) is 43.2 Å². The molecule has 1 aromatic rings. The minimum Gasteiger partial charge on any atom is -0.481 e. The van der Waals surface area contributed by atoms with Crippen LogP contribution in [0.5, 0.6) is 0 Å². The molecule has 0 spiro atoms. The highest BCUT2D eigenvalue weighted by Crippen LogP contribution is 2.35. The Morgan fingerprint density at radius 3 is 2.52 bits per heavy atom. The van der Waals surface area contributed by atoms with Crippen molar-refractivity contribution in [2.24, 2.45) is 11.8 Å². The van der Waals surface area contributed by atoms with Crippen molar-refractivity contribution in [3.8, 4) is 0 Å². The fourth-order valence-electron chi connectivity index (χ4n) is 4.25. The molecule has 2 atom stereocenters. The third-order valence-corrected chi connectivity index (χ3v) is 5.57. The second kappa shape index (κ2) is 8.48. The number of carboxylic acid groups (broad SMARTS) is 1. The third-order valence-electron chi connectivity index (χ3n) is 5.57. The zero-order chi connectivity index (χ0) is 17.6. The van der Waals surface area contributed by atoms with E-state index in [1.165, 1.54) is 18.4 Å². The lowest BCUT2D eigenvalue weighted by atomic mass is 9.91. The number of amides is 1. The SMILES string of the molecule is O=C(CN1CCCC(C(=O)O)C1)NC(c1ccccc1)C1CCCC1. The number of likely N-dealkylation sites (tertiary alicyclic amines) is 1. The molecule has 1 amide bonds. The molecule has 136 valence electrons. The standard InChI is InChI=1S/C20H28N2O3/c23-18(14-22-12-6-11-17(13-22)20(24)25)21-19(16-9-4-5-10-16)15-7-2-1-3-8-15/h1-3,7-8,16-17,19H,4-6,9-14H2,(H,21,23)(H,24,25). The summed E-state index contributed by atoms with van der Waals surface area (Å²) in [5.74, 6) is -0.592. The van der Waals surface area contributed by atoms with E-state index in [-0.39, 0.29) is 17.9 Å². The van der Waals surface area contributed by atoms with Gasteiger partial charge in [0.05, 0.1) is 18.5 Å². The fraction of sp³-hybridized carbons (Fsp3) is 0.600. The molecule has 3 rings (SSSR count). The first-order chi connectivity index (χ1) is 12.1. The Morgan fingerprint density at radius 1 is 1.12 bits per heavy atom. The highest BCUT2D eigenvalue weighted by Gasteiger charge is 2.30. The van der Waals surface area contributed by atoms with E-state index in [1.54, 1.807) is 0 Å². The predicted octanol–water partition coefficient (Wildman–Crippen LogP) is 2.83. The van der Waals surface area contributed by atoms with E-state index in [1.807, 2.05) is 23.1 Å². The summed E-state index contributed by atoms with van der Waals surface area (Å²) in [6.45, 7) is 1.57. The van der Waals surface area contributed by atoms with E-state index in [4.69, 9.17) is 0 Å². The molecule has 5 heteroatoms. The molecule has 1 saturated carbocycles. The summed E-state index contributed by atoms with van der Waals surface area (Å²) in [6.07, 6.45) is 6.33. The Balaban J connectivity index is 1.61. The molecule has 1 aromatic carbocycles. The Morgan fingerprint density at radius 2 is 1.84 bits per heavy atom. The summed E-state index contributed by atoms with van der Waals surface area (Å²) < 4.78 is 0. The molecular weight excluding hydrogens is 316 g/mol. The van der Waals surface area contributed by atoms with E-state index in [9.17, 15) is 14.7 Å². The van der Waals surface area contributed by atoms with E-state index in [0.29, 0.717) is 25.4 Å². The number of piperidine rings is 1. The van der Waals surface area contributed by atoms with Crippen LogP contribution in [0.2, 0.25) is 0 Å². The number of nitrogens with zero attached hydrogens (tertiary/aromatic N) is 1. The van der Waals surface area contributed by atoms with Crippen LogP contribution >= 0.6 is 0 Å². The Labute approximate surface area is 149 Å². The Hall–Kier alpha value is -1.88. The van der Waals surface area contributed by atoms with Crippen LogP contribution in [-0.4, -0.2) is 41.5 Å². The molecule has 5 nitrogen and oxygen atoms in total. The van der Waals surface area contributed by atoms with Crippen LogP contribution in [0.1, 0.15) is 50.1 Å². The van der Waals surface area contributed by atoms with E-state index >= 15 is 0 Å². The zero-order valence-electron chi connectivity index (χ0n) is 14.7. The van der Waals surface area contributed by atoms with Gasteiger partial charge in [-0.25, -0.2) is 0 Å². The number of hydrogen-bond donors (Lipinski definition) is 2. The summed E-state index contributed by atoms with van der Waals surface area (Å²) in [5.41, 5.74) is 1.17. The number of rotatable bonds is 6. The molecule has 2 aliphatic rings. The molecule has 1 saturated heterocycles. The van der Waals surface area contributed by atoms with Gasteiger partial charge < -0.3 is 10.4 Å². The van der Waals surface area contributed by atoms with Crippen LogP contribution in [0.3, 0.4) is 0 Å². The van der Waals surface area contributed by atoms with E-state index < -0.39 is 5.97 Å². The first-order valence-corrected chi connectivity index (χ1v) is 9.43. The highest BCUT2D eigenvalue weighted by molar-refractivity contribution is 5.78. The molecule has 1 aliphatic carbocycles. The van der Waals surface area contributed by atoms with Gasteiger partial charge in [0.15, 0.2) is 0 Å². The van der Waals surface area contributed by atoms with Crippen LogP contribution in [0.4, 0.5) is 0 Å². The van der Waals surface area contributed by atoms with E-state index in [2.05, 4.69) is 17.4 Å². The van der Waals surface area contributed by atoms with Gasteiger partial charge >= 0.3 is 5.97 Å². The number of carbonyl (C=O) groups excluding carboxylic acids is 1. The number of carbonyl (C=O) groups is 2. The minimum absolute atomic E-state index is 0.00629. The molecule has 2 fully saturated rings. The molecule has 1 heterocycles. The number of carboxylic acids is 1. The predicted molar refractivity (Wildman–Crippen MR) is 96.1 cm³/mol. The van der Waals surface area contributed by atoms with Crippen LogP contribution in [0.25, 0.3) is 0 Å². The van der Waals surface area contributed by atoms with Gasteiger partial charge in [0.2, 0.25) is 5.91 Å². The lowest BCUT2D eigenvalue weighted by Gasteiger charge is -2.31. The van der Waals surface area contributed by atoms with Crippen molar-refractivity contribution in [1.29, 1.82) is 0 Å². The summed E-state index contributed by atoms with van der Waals surface area (Å²) in [4.78, 5) is 25.8. The number of hydrogen-bond acceptors (Lipinski definition) is 3. The summed E-state index contributed by atoms with van der Waals surface area (Å²) in [6, 6.07) is 10.3. The second-order valence-electron chi connectivity index (χ2n) is 7.41. The first-order valence-electron chi connectivity index (χ1n) is 9.43. The fourth-order valence-corrected chi connectivity index (χ4v) is 4.25. The van der Waals surface area contributed by atoms with Gasteiger partial charge in [0.25, 0.3) is 0 Å². The molecule has 1 aliphatic heterocycles. The molecule has 25 heavy (non-hydrogen) atoms. The van der Waals surface area contributed by atoms with E-state index in [0.717, 1.165) is 25.8 Å². The molecule has 0 bridgehead atoms. The highest BCUT2D eigenvalue weighted by atomic mass is 16.4. The van der Waals surface area contributed by atoms with Crippen molar-refractivity contribution in [3.63, 3.8) is 0 Å². The maximum Gasteiger partial charge on any atom is 0.307 e. The van der Waals surface area contributed by atoms with Crippen LogP contribution in [-0.2, 0) is 9.59 Å². The lowest BCUT2D eigenvalue weighted by Crippen LogP contribution is -2.45. The smallest absolute Gasteiger partial charge is 0.307 e. The second-order valence-corrected chi connectivity index (χ2v) is 7.41. The van der Waals surface area contributed by atoms with Gasteiger partial charge in [-0.2, -0.15) is 0 Å². The van der Waals surface area contributed by atoms with Crippen molar-refractivity contribution in [2.75, 3.05) is 19.6 Å². The normalized spacial score (nSPS) is 23.3. The topological polar surface area (TPSA) is 69.6 Å². The van der Waals surface area contributed by atoms with Crippen molar-refractivity contribution >= 4 is 11.9 Å². The van der Waals surface area contributed by atoms with Crippen LogP contribution in [0.15, 0.2) is 30.3 Å². The average molecular weight is 344 g/mol. The quantitative estimate of drug-likeness (QED) is 0.832. The Kier molecular flexibility index (Phi) is 6.08.